The normalized spacial score (nSPS) is 14.6. The second-order valence-electron chi connectivity index (χ2n) is 3.72. The standard InChI is InChI=1S/C12H11FN2O2/c13-11-6-4-10(5-7-11)9-14-8-2-1-3-12(14)15(16)17/h1-7H,8-9H2. The van der Waals surface area contributed by atoms with Crippen LogP contribution in [0.2, 0.25) is 0 Å². The highest BCUT2D eigenvalue weighted by atomic mass is 19.1. The second-order valence-corrected chi connectivity index (χ2v) is 3.72. The number of hydrogen-bond acceptors (Lipinski definition) is 3. The lowest BCUT2D eigenvalue weighted by Crippen LogP contribution is -2.28. The molecule has 2 rings (SSSR count). The first-order valence-electron chi connectivity index (χ1n) is 5.17. The summed E-state index contributed by atoms with van der Waals surface area (Å²) in [6.45, 7) is 0.890. The van der Waals surface area contributed by atoms with Crippen LogP contribution in [-0.2, 0) is 6.54 Å². The summed E-state index contributed by atoms with van der Waals surface area (Å²) >= 11 is 0. The summed E-state index contributed by atoms with van der Waals surface area (Å²) in [4.78, 5) is 12.0. The van der Waals surface area contributed by atoms with E-state index in [1.165, 1.54) is 18.2 Å². The number of rotatable bonds is 3. The lowest BCUT2D eigenvalue weighted by molar-refractivity contribution is -0.446. The van der Waals surface area contributed by atoms with Crippen molar-refractivity contribution in [1.29, 1.82) is 0 Å². The van der Waals surface area contributed by atoms with Gasteiger partial charge in [-0.1, -0.05) is 18.2 Å². The van der Waals surface area contributed by atoms with Crippen LogP contribution in [-0.4, -0.2) is 16.4 Å². The van der Waals surface area contributed by atoms with Gasteiger partial charge in [-0.05, 0) is 28.7 Å². The van der Waals surface area contributed by atoms with Gasteiger partial charge in [0.25, 0.3) is 0 Å². The second kappa shape index (κ2) is 4.78. The van der Waals surface area contributed by atoms with E-state index in [0.29, 0.717) is 13.1 Å². The van der Waals surface area contributed by atoms with Gasteiger partial charge in [-0.2, -0.15) is 0 Å². The predicted molar refractivity (Wildman–Crippen MR) is 61.0 cm³/mol. The number of hydrogen-bond donors (Lipinski definition) is 0. The zero-order valence-corrected chi connectivity index (χ0v) is 9.04. The van der Waals surface area contributed by atoms with E-state index >= 15 is 0 Å². The molecule has 0 N–H and O–H groups in total. The van der Waals surface area contributed by atoms with Crippen LogP contribution in [0.1, 0.15) is 5.56 Å². The van der Waals surface area contributed by atoms with Crippen LogP contribution < -0.4 is 0 Å². The Kier molecular flexibility index (Phi) is 3.18. The van der Waals surface area contributed by atoms with E-state index in [1.54, 1.807) is 23.1 Å². The molecule has 1 heterocycles. The van der Waals surface area contributed by atoms with Gasteiger partial charge in [-0.25, -0.2) is 4.39 Å². The molecule has 0 bridgehead atoms. The number of allylic oxidation sites excluding steroid dienone is 2. The van der Waals surface area contributed by atoms with Crippen molar-refractivity contribution in [2.75, 3.05) is 6.54 Å². The summed E-state index contributed by atoms with van der Waals surface area (Å²) in [5, 5.41) is 10.8. The smallest absolute Gasteiger partial charge is 0.318 e. The minimum atomic E-state index is -0.410. The largest absolute Gasteiger partial charge is 0.358 e. The van der Waals surface area contributed by atoms with Crippen LogP contribution in [0.5, 0.6) is 0 Å². The van der Waals surface area contributed by atoms with Gasteiger partial charge in [0.1, 0.15) is 18.9 Å². The molecule has 0 aromatic heterocycles. The molecule has 0 saturated heterocycles. The number of benzene rings is 1. The summed E-state index contributed by atoms with van der Waals surface area (Å²) in [5.74, 6) is -0.242. The fourth-order valence-electron chi connectivity index (χ4n) is 1.67. The van der Waals surface area contributed by atoms with Crippen molar-refractivity contribution in [3.05, 3.63) is 69.8 Å². The Morgan fingerprint density at radius 1 is 1.35 bits per heavy atom. The lowest BCUT2D eigenvalue weighted by Gasteiger charge is -2.19. The molecule has 1 aliphatic heterocycles. The Morgan fingerprint density at radius 3 is 2.71 bits per heavy atom. The zero-order valence-electron chi connectivity index (χ0n) is 9.04. The van der Waals surface area contributed by atoms with Crippen molar-refractivity contribution >= 4 is 0 Å². The van der Waals surface area contributed by atoms with Crippen LogP contribution >= 0.6 is 0 Å². The highest BCUT2D eigenvalue weighted by molar-refractivity contribution is 5.19. The molecule has 0 saturated carbocycles. The minimum absolute atomic E-state index is 0.0665. The van der Waals surface area contributed by atoms with E-state index in [1.807, 2.05) is 6.08 Å². The van der Waals surface area contributed by atoms with E-state index in [9.17, 15) is 14.5 Å². The van der Waals surface area contributed by atoms with Gasteiger partial charge in [0.15, 0.2) is 0 Å². The van der Waals surface area contributed by atoms with Gasteiger partial charge in [0.2, 0.25) is 0 Å². The maximum atomic E-state index is 12.7. The molecule has 0 atom stereocenters. The molecule has 5 heteroatoms. The van der Waals surface area contributed by atoms with Crippen LogP contribution in [0.25, 0.3) is 0 Å². The van der Waals surface area contributed by atoms with Crippen molar-refractivity contribution < 1.29 is 9.31 Å². The van der Waals surface area contributed by atoms with Crippen LogP contribution in [0.3, 0.4) is 0 Å². The summed E-state index contributed by atoms with van der Waals surface area (Å²) in [6.07, 6.45) is 4.98. The number of nitro groups is 1. The quantitative estimate of drug-likeness (QED) is 0.595. The Hall–Kier alpha value is -2.17. The first-order chi connectivity index (χ1) is 8.16. The first-order valence-corrected chi connectivity index (χ1v) is 5.17. The van der Waals surface area contributed by atoms with Crippen LogP contribution in [0, 0.1) is 15.9 Å². The Morgan fingerprint density at radius 2 is 2.06 bits per heavy atom. The molecule has 0 spiro atoms. The fourth-order valence-corrected chi connectivity index (χ4v) is 1.67. The van der Waals surface area contributed by atoms with Crippen molar-refractivity contribution in [1.82, 2.24) is 4.90 Å². The van der Waals surface area contributed by atoms with E-state index < -0.39 is 4.92 Å². The summed E-state index contributed by atoms with van der Waals surface area (Å²) in [6, 6.07) is 5.96. The molecule has 0 aliphatic carbocycles. The molecule has 1 aliphatic rings. The summed E-state index contributed by atoms with van der Waals surface area (Å²) < 4.78 is 12.7. The van der Waals surface area contributed by atoms with Crippen molar-refractivity contribution in [2.24, 2.45) is 0 Å². The zero-order chi connectivity index (χ0) is 12.3. The maximum absolute atomic E-state index is 12.7. The average molecular weight is 234 g/mol. The van der Waals surface area contributed by atoms with E-state index in [0.717, 1.165) is 5.56 Å². The number of nitrogens with zero attached hydrogens (tertiary/aromatic N) is 2. The van der Waals surface area contributed by atoms with Gasteiger partial charge in [-0.15, -0.1) is 0 Å². The van der Waals surface area contributed by atoms with Gasteiger partial charge in [-0.3, -0.25) is 4.90 Å². The molecule has 88 valence electrons. The molecule has 17 heavy (non-hydrogen) atoms. The third kappa shape index (κ3) is 2.69. The Labute approximate surface area is 97.8 Å². The number of halogens is 1. The van der Waals surface area contributed by atoms with Gasteiger partial charge in [0.05, 0.1) is 0 Å². The maximum Gasteiger partial charge on any atom is 0.318 e. The van der Waals surface area contributed by atoms with Crippen molar-refractivity contribution in [3.63, 3.8) is 0 Å². The minimum Gasteiger partial charge on any atom is -0.358 e. The molecule has 1 aromatic rings. The topological polar surface area (TPSA) is 46.4 Å². The van der Waals surface area contributed by atoms with E-state index in [4.69, 9.17) is 0 Å². The predicted octanol–water partition coefficient (Wildman–Crippen LogP) is 2.32. The monoisotopic (exact) mass is 234 g/mol. The highest BCUT2D eigenvalue weighted by Crippen LogP contribution is 2.15. The molecular weight excluding hydrogens is 223 g/mol. The molecule has 1 aromatic carbocycles. The Bertz CT molecular complexity index is 480. The van der Waals surface area contributed by atoms with Crippen LogP contribution in [0.4, 0.5) is 4.39 Å². The van der Waals surface area contributed by atoms with Crippen LogP contribution in [0.15, 0.2) is 48.3 Å². The third-order valence-electron chi connectivity index (χ3n) is 2.50. The SMILES string of the molecule is O=[N+]([O-])C1=CC=CCN1Cc1ccc(F)cc1. The summed E-state index contributed by atoms with van der Waals surface area (Å²) in [5.41, 5.74) is 0.842. The summed E-state index contributed by atoms with van der Waals surface area (Å²) in [7, 11) is 0. The molecule has 0 fully saturated rings. The third-order valence-corrected chi connectivity index (χ3v) is 2.50. The van der Waals surface area contributed by atoms with Gasteiger partial charge in [0, 0.05) is 6.08 Å². The molecular formula is C12H11FN2O2. The van der Waals surface area contributed by atoms with E-state index in [2.05, 4.69) is 0 Å². The van der Waals surface area contributed by atoms with Gasteiger partial charge >= 0.3 is 5.82 Å². The van der Waals surface area contributed by atoms with Crippen molar-refractivity contribution in [2.45, 2.75) is 6.54 Å². The molecule has 4 nitrogen and oxygen atoms in total. The first kappa shape index (κ1) is 11.3. The average Bonchev–Trinajstić information content (AvgIpc) is 2.32. The fraction of sp³-hybridized carbons (Fsp3) is 0.167. The Balaban J connectivity index is 2.13. The molecule has 0 radical (unpaired) electrons. The lowest BCUT2D eigenvalue weighted by atomic mass is 10.2. The van der Waals surface area contributed by atoms with E-state index in [-0.39, 0.29) is 11.6 Å². The molecule has 0 amide bonds. The highest BCUT2D eigenvalue weighted by Gasteiger charge is 2.21. The molecule has 0 unspecified atom stereocenters. The van der Waals surface area contributed by atoms with Gasteiger partial charge < -0.3 is 10.1 Å². The van der Waals surface area contributed by atoms with Crippen molar-refractivity contribution in [3.8, 4) is 0 Å².